The predicted octanol–water partition coefficient (Wildman–Crippen LogP) is 3.42. The molecule has 0 aliphatic carbocycles. The number of nitrogens with zero attached hydrogens (tertiary/aromatic N) is 2. The van der Waals surface area contributed by atoms with Gasteiger partial charge in [-0.15, -0.1) is 5.10 Å². The fraction of sp³-hybridized carbons (Fsp3) is 0.158. The molecule has 1 heterocycles. The maximum Gasteiger partial charge on any atom is 0.305 e. The molecule has 1 unspecified atom stereocenters. The molecule has 0 saturated carbocycles. The summed E-state index contributed by atoms with van der Waals surface area (Å²) < 4.78 is 6.77. The van der Waals surface area contributed by atoms with Crippen LogP contribution in [0.5, 0.6) is 5.75 Å². The quantitative estimate of drug-likeness (QED) is 0.485. The van der Waals surface area contributed by atoms with Gasteiger partial charge in [-0.2, -0.15) is 5.10 Å². The monoisotopic (exact) mass is 461 g/mol. The first-order valence-corrected chi connectivity index (χ1v) is 9.94. The number of amidine groups is 1. The molecule has 144 valence electrons. The van der Waals surface area contributed by atoms with Crippen LogP contribution in [0.25, 0.3) is 0 Å². The van der Waals surface area contributed by atoms with Crippen molar-refractivity contribution >= 4 is 51.0 Å². The lowest BCUT2D eigenvalue weighted by Crippen LogP contribution is -2.26. The van der Waals surface area contributed by atoms with Crippen LogP contribution in [0, 0.1) is 0 Å². The van der Waals surface area contributed by atoms with E-state index in [0.29, 0.717) is 11.8 Å². The van der Waals surface area contributed by atoms with Crippen molar-refractivity contribution in [3.63, 3.8) is 0 Å². The molecular weight excluding hydrogens is 446 g/mol. The first kappa shape index (κ1) is 20.1. The minimum absolute atomic E-state index is 0.249. The number of amides is 1. The number of hydrogen-bond donors (Lipinski definition) is 2. The Labute approximate surface area is 174 Å². The predicted molar refractivity (Wildman–Crippen MR) is 112 cm³/mol. The molecule has 2 N–H and O–H groups in total. The molecule has 0 spiro atoms. The molecule has 2 aromatic rings. The molecule has 1 aliphatic rings. The number of carboxylic acid groups (broad SMARTS) is 1. The Hall–Kier alpha value is -2.65. The molecule has 28 heavy (non-hydrogen) atoms. The average Bonchev–Trinajstić information content (AvgIpc) is 3.01. The standard InChI is InChI=1S/C19H16BrN3O4S/c20-14-5-1-13(2-6-14)11-27-15-7-3-12(4-8-15)10-21-23-19-22-18(26)16(28-19)9-17(24)25/h1-8,10,16H,9,11H2,(H,24,25)(H,22,23,26)/b21-10+. The van der Waals surface area contributed by atoms with E-state index >= 15 is 0 Å². The Morgan fingerprint density at radius 2 is 1.93 bits per heavy atom. The summed E-state index contributed by atoms with van der Waals surface area (Å²) in [6.07, 6.45) is 1.30. The van der Waals surface area contributed by atoms with Gasteiger partial charge >= 0.3 is 5.97 Å². The smallest absolute Gasteiger partial charge is 0.305 e. The molecule has 3 rings (SSSR count). The highest BCUT2D eigenvalue weighted by molar-refractivity contribution is 9.10. The number of carbonyl (C=O) groups excluding carboxylic acids is 1. The number of rotatable bonds is 7. The van der Waals surface area contributed by atoms with Crippen LogP contribution in [0.4, 0.5) is 0 Å². The SMILES string of the molecule is O=C(O)CC1S/C(=N/N=C/c2ccc(OCc3ccc(Br)cc3)cc2)NC1=O. The summed E-state index contributed by atoms with van der Waals surface area (Å²) in [4.78, 5) is 22.3. The van der Waals surface area contributed by atoms with E-state index in [-0.39, 0.29) is 12.3 Å². The fourth-order valence-electron chi connectivity index (χ4n) is 2.29. The molecular formula is C19H16BrN3O4S. The van der Waals surface area contributed by atoms with Gasteiger partial charge in [0.05, 0.1) is 12.6 Å². The number of carbonyl (C=O) groups is 2. The molecule has 0 bridgehead atoms. The van der Waals surface area contributed by atoms with Gasteiger partial charge in [0, 0.05) is 4.47 Å². The van der Waals surface area contributed by atoms with Crippen LogP contribution in [0.15, 0.2) is 63.2 Å². The van der Waals surface area contributed by atoms with Gasteiger partial charge in [0.2, 0.25) is 5.91 Å². The van der Waals surface area contributed by atoms with Crippen molar-refractivity contribution < 1.29 is 19.4 Å². The number of carboxylic acids is 1. The van der Waals surface area contributed by atoms with Crippen LogP contribution in [0.3, 0.4) is 0 Å². The highest BCUT2D eigenvalue weighted by Gasteiger charge is 2.32. The molecule has 1 saturated heterocycles. The number of aliphatic carboxylic acids is 1. The summed E-state index contributed by atoms with van der Waals surface area (Å²) in [5.74, 6) is -0.657. The minimum Gasteiger partial charge on any atom is -0.489 e. The zero-order chi connectivity index (χ0) is 19.9. The van der Waals surface area contributed by atoms with E-state index in [1.165, 1.54) is 0 Å². The Morgan fingerprint density at radius 1 is 1.21 bits per heavy atom. The summed E-state index contributed by atoms with van der Waals surface area (Å²) in [6.45, 7) is 0.475. The molecule has 9 heteroatoms. The number of nitrogens with one attached hydrogen (secondary N) is 1. The lowest BCUT2D eigenvalue weighted by atomic mass is 10.2. The second-order valence-corrected chi connectivity index (χ2v) is 7.93. The summed E-state index contributed by atoms with van der Waals surface area (Å²) in [5, 5.41) is 18.8. The van der Waals surface area contributed by atoms with Gasteiger partial charge in [-0.05, 0) is 47.5 Å². The first-order valence-electron chi connectivity index (χ1n) is 8.27. The molecule has 7 nitrogen and oxygen atoms in total. The third-order valence-electron chi connectivity index (χ3n) is 3.69. The van der Waals surface area contributed by atoms with Crippen molar-refractivity contribution in [2.75, 3.05) is 0 Å². The number of thioether (sulfide) groups is 1. The van der Waals surface area contributed by atoms with Crippen molar-refractivity contribution in [1.82, 2.24) is 5.32 Å². The van der Waals surface area contributed by atoms with E-state index in [9.17, 15) is 9.59 Å². The topological polar surface area (TPSA) is 100 Å². The molecule has 0 aromatic heterocycles. The van der Waals surface area contributed by atoms with Gasteiger partial charge in [-0.1, -0.05) is 39.8 Å². The Kier molecular flexibility index (Phi) is 6.83. The van der Waals surface area contributed by atoms with E-state index < -0.39 is 11.2 Å². The number of ether oxygens (including phenoxy) is 1. The van der Waals surface area contributed by atoms with Crippen LogP contribution in [0.2, 0.25) is 0 Å². The zero-order valence-corrected chi connectivity index (χ0v) is 16.9. The second-order valence-electron chi connectivity index (χ2n) is 5.83. The third kappa shape index (κ3) is 5.93. The van der Waals surface area contributed by atoms with Crippen molar-refractivity contribution in [1.29, 1.82) is 0 Å². The third-order valence-corrected chi connectivity index (χ3v) is 5.29. The van der Waals surface area contributed by atoms with Crippen molar-refractivity contribution in [2.24, 2.45) is 10.2 Å². The van der Waals surface area contributed by atoms with E-state index in [1.54, 1.807) is 6.21 Å². The number of hydrogen-bond acceptors (Lipinski definition) is 6. The number of benzene rings is 2. The lowest BCUT2D eigenvalue weighted by Gasteiger charge is -2.06. The van der Waals surface area contributed by atoms with Crippen LogP contribution in [-0.2, 0) is 16.2 Å². The summed E-state index contributed by atoms with van der Waals surface area (Å²) >= 11 is 4.46. The van der Waals surface area contributed by atoms with E-state index in [4.69, 9.17) is 9.84 Å². The van der Waals surface area contributed by atoms with Gasteiger partial charge in [-0.25, -0.2) is 0 Å². The first-order chi connectivity index (χ1) is 13.5. The summed E-state index contributed by atoms with van der Waals surface area (Å²) in [6, 6.07) is 15.3. The van der Waals surface area contributed by atoms with E-state index in [1.807, 2.05) is 48.5 Å². The highest BCUT2D eigenvalue weighted by atomic mass is 79.9. The van der Waals surface area contributed by atoms with Gasteiger partial charge in [0.1, 0.15) is 17.6 Å². The molecule has 1 atom stereocenters. The van der Waals surface area contributed by atoms with Crippen molar-refractivity contribution in [2.45, 2.75) is 18.3 Å². The van der Waals surface area contributed by atoms with Gasteiger partial charge in [0.25, 0.3) is 0 Å². The molecule has 2 aromatic carbocycles. The minimum atomic E-state index is -1.03. The van der Waals surface area contributed by atoms with Crippen LogP contribution in [-0.4, -0.2) is 33.6 Å². The van der Waals surface area contributed by atoms with Crippen molar-refractivity contribution in [3.8, 4) is 5.75 Å². The lowest BCUT2D eigenvalue weighted by molar-refractivity contribution is -0.138. The highest BCUT2D eigenvalue weighted by Crippen LogP contribution is 2.22. The Bertz CT molecular complexity index is 914. The van der Waals surface area contributed by atoms with Gasteiger partial charge < -0.3 is 15.2 Å². The average molecular weight is 462 g/mol. The molecule has 0 radical (unpaired) electrons. The molecule has 1 aliphatic heterocycles. The van der Waals surface area contributed by atoms with Gasteiger partial charge in [-0.3, -0.25) is 9.59 Å². The largest absolute Gasteiger partial charge is 0.489 e. The van der Waals surface area contributed by atoms with E-state index in [2.05, 4.69) is 31.4 Å². The Balaban J connectivity index is 1.52. The normalized spacial score (nSPS) is 17.8. The van der Waals surface area contributed by atoms with Gasteiger partial charge in [0.15, 0.2) is 5.17 Å². The van der Waals surface area contributed by atoms with Crippen LogP contribution in [0.1, 0.15) is 17.5 Å². The fourth-order valence-corrected chi connectivity index (χ4v) is 3.47. The maximum absolute atomic E-state index is 11.6. The van der Waals surface area contributed by atoms with Crippen LogP contribution < -0.4 is 10.1 Å². The molecule has 1 fully saturated rings. The van der Waals surface area contributed by atoms with E-state index in [0.717, 1.165) is 33.1 Å². The molecule has 1 amide bonds. The maximum atomic E-state index is 11.6. The Morgan fingerprint density at radius 3 is 2.61 bits per heavy atom. The second kappa shape index (κ2) is 9.52. The van der Waals surface area contributed by atoms with Crippen LogP contribution >= 0.6 is 27.7 Å². The summed E-state index contributed by atoms with van der Waals surface area (Å²) in [5.41, 5.74) is 1.89. The summed E-state index contributed by atoms with van der Waals surface area (Å²) in [7, 11) is 0. The van der Waals surface area contributed by atoms with Crippen molar-refractivity contribution in [3.05, 3.63) is 64.1 Å². The number of halogens is 1. The zero-order valence-electron chi connectivity index (χ0n) is 14.5.